The van der Waals surface area contributed by atoms with E-state index < -0.39 is 0 Å². The molecule has 0 fully saturated rings. The highest BCUT2D eigenvalue weighted by Crippen LogP contribution is 2.31. The largest absolute Gasteiger partial charge is 0.352 e. The van der Waals surface area contributed by atoms with Crippen LogP contribution in [-0.2, 0) is 0 Å². The molecule has 0 spiro atoms. The van der Waals surface area contributed by atoms with Gasteiger partial charge in [-0.1, -0.05) is 22.0 Å². The fraction of sp³-hybridized carbons (Fsp3) is 0. The number of aromatic amines is 1. The van der Waals surface area contributed by atoms with E-state index >= 15 is 0 Å². The van der Waals surface area contributed by atoms with Crippen LogP contribution in [0.5, 0.6) is 0 Å². The second-order valence-corrected chi connectivity index (χ2v) is 5.45. The Labute approximate surface area is 139 Å². The van der Waals surface area contributed by atoms with Gasteiger partial charge in [0, 0.05) is 21.7 Å². The van der Waals surface area contributed by atoms with Gasteiger partial charge in [0.15, 0.2) is 0 Å². The number of aromatic nitrogens is 5. The standard InChI is InChI=1S/C14H9BrN6.ClH/c15-9-2-1-3-10(5-9)18-14-12-8(6-16-7-17-12)4-11-13(14)20-21-19-11;/h1-7,18H,(H,19,20,21);1H. The molecule has 0 aliphatic heterocycles. The second kappa shape index (κ2) is 5.86. The first kappa shape index (κ1) is 14.7. The molecule has 6 nitrogen and oxygen atoms in total. The maximum absolute atomic E-state index is 4.36. The first-order chi connectivity index (χ1) is 10.3. The number of H-pyrrole nitrogens is 1. The molecular formula is C14H10BrClN6. The van der Waals surface area contributed by atoms with Crippen molar-refractivity contribution >= 4 is 61.6 Å². The molecule has 2 heterocycles. The van der Waals surface area contributed by atoms with Crippen LogP contribution in [0.3, 0.4) is 0 Å². The predicted molar refractivity (Wildman–Crippen MR) is 91.7 cm³/mol. The molecule has 110 valence electrons. The zero-order valence-corrected chi connectivity index (χ0v) is 13.5. The first-order valence-electron chi connectivity index (χ1n) is 6.27. The van der Waals surface area contributed by atoms with Crippen LogP contribution in [0.15, 0.2) is 47.3 Å². The Balaban J connectivity index is 0.00000144. The number of hydrogen-bond acceptors (Lipinski definition) is 5. The highest BCUT2D eigenvalue weighted by molar-refractivity contribution is 9.10. The van der Waals surface area contributed by atoms with Crippen LogP contribution >= 0.6 is 28.3 Å². The maximum Gasteiger partial charge on any atom is 0.138 e. The third-order valence-electron chi connectivity index (χ3n) is 3.18. The van der Waals surface area contributed by atoms with Gasteiger partial charge in [-0.25, -0.2) is 9.97 Å². The summed E-state index contributed by atoms with van der Waals surface area (Å²) in [4.78, 5) is 8.42. The van der Waals surface area contributed by atoms with Crippen LogP contribution in [0.25, 0.3) is 21.9 Å². The van der Waals surface area contributed by atoms with Gasteiger partial charge in [-0.2, -0.15) is 15.4 Å². The highest BCUT2D eigenvalue weighted by atomic mass is 79.9. The Hall–Kier alpha value is -2.25. The van der Waals surface area contributed by atoms with Gasteiger partial charge in [-0.15, -0.1) is 12.4 Å². The topological polar surface area (TPSA) is 79.4 Å². The lowest BCUT2D eigenvalue weighted by atomic mass is 10.1. The van der Waals surface area contributed by atoms with Crippen LogP contribution in [-0.4, -0.2) is 25.4 Å². The van der Waals surface area contributed by atoms with Crippen molar-refractivity contribution in [1.82, 2.24) is 25.4 Å². The molecule has 4 rings (SSSR count). The Morgan fingerprint density at radius 2 is 2.00 bits per heavy atom. The molecular weight excluding hydrogens is 368 g/mol. The van der Waals surface area contributed by atoms with Gasteiger partial charge in [-0.05, 0) is 24.3 Å². The Morgan fingerprint density at radius 1 is 1.09 bits per heavy atom. The van der Waals surface area contributed by atoms with E-state index in [0.717, 1.165) is 37.8 Å². The van der Waals surface area contributed by atoms with Crippen LogP contribution in [0.4, 0.5) is 11.4 Å². The number of anilines is 2. The Bertz CT molecular complexity index is 954. The summed E-state index contributed by atoms with van der Waals surface area (Å²) in [6.07, 6.45) is 3.29. The SMILES string of the molecule is Brc1cccc(Nc2c3ncncc3cc3n[nH]nc23)c1.Cl. The van der Waals surface area contributed by atoms with Gasteiger partial charge in [-0.3, -0.25) is 0 Å². The van der Waals surface area contributed by atoms with E-state index in [2.05, 4.69) is 46.6 Å². The van der Waals surface area contributed by atoms with Crippen molar-refractivity contribution in [2.75, 3.05) is 5.32 Å². The minimum atomic E-state index is 0. The minimum Gasteiger partial charge on any atom is -0.352 e. The molecule has 0 saturated heterocycles. The quantitative estimate of drug-likeness (QED) is 0.555. The molecule has 0 aliphatic carbocycles. The van der Waals surface area contributed by atoms with Gasteiger partial charge < -0.3 is 5.32 Å². The van der Waals surface area contributed by atoms with Crippen molar-refractivity contribution in [3.8, 4) is 0 Å². The van der Waals surface area contributed by atoms with Crippen molar-refractivity contribution in [1.29, 1.82) is 0 Å². The lowest BCUT2D eigenvalue weighted by molar-refractivity contribution is 0.960. The molecule has 0 atom stereocenters. The lowest BCUT2D eigenvalue weighted by Gasteiger charge is -2.09. The molecule has 8 heteroatoms. The fourth-order valence-corrected chi connectivity index (χ4v) is 2.67. The van der Waals surface area contributed by atoms with E-state index in [1.54, 1.807) is 6.20 Å². The van der Waals surface area contributed by atoms with Crippen LogP contribution < -0.4 is 5.32 Å². The molecule has 0 amide bonds. The zero-order valence-electron chi connectivity index (χ0n) is 11.1. The lowest BCUT2D eigenvalue weighted by Crippen LogP contribution is -1.95. The van der Waals surface area contributed by atoms with E-state index in [4.69, 9.17) is 0 Å². The maximum atomic E-state index is 4.36. The normalized spacial score (nSPS) is 10.6. The van der Waals surface area contributed by atoms with Crippen LogP contribution in [0.2, 0.25) is 0 Å². The smallest absolute Gasteiger partial charge is 0.138 e. The summed E-state index contributed by atoms with van der Waals surface area (Å²) >= 11 is 3.47. The van der Waals surface area contributed by atoms with Crippen molar-refractivity contribution in [3.63, 3.8) is 0 Å². The molecule has 0 saturated carbocycles. The molecule has 2 aromatic heterocycles. The van der Waals surface area contributed by atoms with Gasteiger partial charge >= 0.3 is 0 Å². The van der Waals surface area contributed by atoms with Gasteiger partial charge in [0.05, 0.1) is 11.2 Å². The molecule has 2 N–H and O–H groups in total. The van der Waals surface area contributed by atoms with E-state index in [1.807, 2.05) is 30.3 Å². The monoisotopic (exact) mass is 376 g/mol. The number of hydrogen-bond donors (Lipinski definition) is 2. The van der Waals surface area contributed by atoms with Crippen molar-refractivity contribution in [2.45, 2.75) is 0 Å². The first-order valence-corrected chi connectivity index (χ1v) is 7.06. The molecule has 0 aliphatic rings. The van der Waals surface area contributed by atoms with E-state index in [0.29, 0.717) is 0 Å². The van der Waals surface area contributed by atoms with Gasteiger partial charge in [0.25, 0.3) is 0 Å². The summed E-state index contributed by atoms with van der Waals surface area (Å²) in [6.45, 7) is 0. The molecule has 0 radical (unpaired) electrons. The summed E-state index contributed by atoms with van der Waals surface area (Å²) in [6, 6.07) is 9.83. The van der Waals surface area contributed by atoms with Crippen LogP contribution in [0, 0.1) is 0 Å². The van der Waals surface area contributed by atoms with Crippen molar-refractivity contribution in [2.24, 2.45) is 0 Å². The molecule has 0 bridgehead atoms. The summed E-state index contributed by atoms with van der Waals surface area (Å²) in [5.41, 5.74) is 4.10. The Kier molecular flexibility index (Phi) is 3.91. The highest BCUT2D eigenvalue weighted by Gasteiger charge is 2.12. The molecule has 4 aromatic rings. The second-order valence-electron chi connectivity index (χ2n) is 4.54. The molecule has 0 unspecified atom stereocenters. The third kappa shape index (κ3) is 2.49. The zero-order chi connectivity index (χ0) is 14.2. The number of nitrogens with one attached hydrogen (secondary N) is 2. The molecule has 22 heavy (non-hydrogen) atoms. The van der Waals surface area contributed by atoms with Gasteiger partial charge in [0.1, 0.15) is 17.4 Å². The minimum absolute atomic E-state index is 0. The number of benzene rings is 2. The number of fused-ring (bicyclic) bond motifs is 2. The summed E-state index contributed by atoms with van der Waals surface area (Å²) < 4.78 is 0.999. The predicted octanol–water partition coefficient (Wildman–Crippen LogP) is 3.83. The summed E-state index contributed by atoms with van der Waals surface area (Å²) in [5.74, 6) is 0. The summed E-state index contributed by atoms with van der Waals surface area (Å²) in [7, 11) is 0. The van der Waals surface area contributed by atoms with Crippen molar-refractivity contribution in [3.05, 3.63) is 47.3 Å². The van der Waals surface area contributed by atoms with Crippen LogP contribution in [0.1, 0.15) is 0 Å². The van der Waals surface area contributed by atoms with E-state index in [1.165, 1.54) is 6.33 Å². The number of nitrogens with zero attached hydrogens (tertiary/aromatic N) is 4. The van der Waals surface area contributed by atoms with Crippen molar-refractivity contribution < 1.29 is 0 Å². The van der Waals surface area contributed by atoms with E-state index in [9.17, 15) is 0 Å². The van der Waals surface area contributed by atoms with E-state index in [-0.39, 0.29) is 12.4 Å². The average molecular weight is 378 g/mol. The number of halogens is 2. The Morgan fingerprint density at radius 3 is 2.86 bits per heavy atom. The average Bonchev–Trinajstić information content (AvgIpc) is 2.95. The fourth-order valence-electron chi connectivity index (χ4n) is 2.27. The third-order valence-corrected chi connectivity index (χ3v) is 3.67. The summed E-state index contributed by atoms with van der Waals surface area (Å²) in [5, 5.41) is 15.3. The number of rotatable bonds is 2. The molecule has 2 aromatic carbocycles. The van der Waals surface area contributed by atoms with Gasteiger partial charge in [0.2, 0.25) is 0 Å².